The topological polar surface area (TPSA) is 186 Å². The van der Waals surface area contributed by atoms with Crippen molar-refractivity contribution in [1.29, 1.82) is 0 Å². The molecule has 1 unspecified atom stereocenters. The Bertz CT molecular complexity index is 688. The van der Waals surface area contributed by atoms with E-state index in [1.807, 2.05) is 0 Å². The third-order valence-corrected chi connectivity index (χ3v) is 4.50. The highest BCUT2D eigenvalue weighted by molar-refractivity contribution is 6.02. The molecule has 0 spiro atoms. The molecule has 3 amide bonds. The number of nitrogens with zero attached hydrogens (tertiary/aromatic N) is 1. The molecular weight excluding hydrogens is 368 g/mol. The summed E-state index contributed by atoms with van der Waals surface area (Å²) in [7, 11) is 0. The summed E-state index contributed by atoms with van der Waals surface area (Å²) in [6.45, 7) is 3.85. The lowest BCUT2D eigenvalue weighted by Crippen LogP contribution is -2.51. The summed E-state index contributed by atoms with van der Waals surface area (Å²) in [6.07, 6.45) is 0.973. The van der Waals surface area contributed by atoms with Gasteiger partial charge in [-0.25, -0.2) is 0 Å². The fourth-order valence-corrected chi connectivity index (χ4v) is 2.97. The lowest BCUT2D eigenvalue weighted by atomic mass is 10.1. The zero-order valence-corrected chi connectivity index (χ0v) is 16.3. The van der Waals surface area contributed by atoms with E-state index in [1.165, 1.54) is 20.8 Å². The highest BCUT2D eigenvalue weighted by Gasteiger charge is 2.61. The zero-order chi connectivity index (χ0) is 21.5. The molecule has 0 heterocycles. The molecule has 0 bridgehead atoms. The van der Waals surface area contributed by atoms with Crippen molar-refractivity contribution in [2.24, 2.45) is 22.4 Å². The third kappa shape index (κ3) is 6.63. The average Bonchev–Trinajstić information content (AvgIpc) is 3.31. The van der Waals surface area contributed by atoms with Crippen molar-refractivity contribution in [1.82, 2.24) is 16.0 Å². The van der Waals surface area contributed by atoms with Crippen molar-refractivity contribution in [3.05, 3.63) is 0 Å². The molecule has 11 nitrogen and oxygen atoms in total. The summed E-state index contributed by atoms with van der Waals surface area (Å²) in [4.78, 5) is 62.8. The molecule has 1 aliphatic rings. The van der Waals surface area contributed by atoms with Crippen LogP contribution in [0.25, 0.3) is 0 Å². The van der Waals surface area contributed by atoms with Gasteiger partial charge in [-0.15, -0.1) is 0 Å². The van der Waals surface area contributed by atoms with Crippen LogP contribution in [0.4, 0.5) is 0 Å². The lowest BCUT2D eigenvalue weighted by Gasteiger charge is -2.19. The first-order chi connectivity index (χ1) is 13.0. The van der Waals surface area contributed by atoms with Gasteiger partial charge in [0.1, 0.15) is 17.4 Å². The van der Waals surface area contributed by atoms with Crippen LogP contribution >= 0.6 is 0 Å². The molecule has 156 valence electrons. The van der Waals surface area contributed by atoms with Crippen LogP contribution in [-0.2, 0) is 24.0 Å². The standard InChI is InChI=1S/C17H28N6O5/c1-9(24)12-7-17(12,10(2)25)23-14(27)8-21-15(28)13(22-11(3)26)5-4-6-20-16(18)19/h12-13H,4-8H2,1-3H3,(H,21,28)(H,22,26)(H,23,27)(H4,18,19,20)/t12?,13-,17-/m0/s1. The third-order valence-electron chi connectivity index (χ3n) is 4.50. The molecule has 28 heavy (non-hydrogen) atoms. The van der Waals surface area contributed by atoms with Gasteiger partial charge in [0.05, 0.1) is 12.5 Å². The second-order valence-corrected chi connectivity index (χ2v) is 6.86. The van der Waals surface area contributed by atoms with Crippen LogP contribution in [0.15, 0.2) is 4.99 Å². The maximum atomic E-state index is 12.3. The summed E-state index contributed by atoms with van der Waals surface area (Å²) >= 11 is 0. The van der Waals surface area contributed by atoms with Gasteiger partial charge in [-0.2, -0.15) is 0 Å². The molecule has 11 heteroatoms. The van der Waals surface area contributed by atoms with Gasteiger partial charge in [-0.3, -0.25) is 29.0 Å². The number of ketones is 2. The fraction of sp³-hybridized carbons (Fsp3) is 0.647. The molecule has 3 atom stereocenters. The van der Waals surface area contributed by atoms with Crippen molar-refractivity contribution >= 4 is 35.2 Å². The molecule has 0 aromatic rings. The minimum Gasteiger partial charge on any atom is -0.370 e. The SMILES string of the molecule is CC(=O)N[C@@H](CCCN=C(N)N)C(=O)NCC(=O)N[C@]1(C(C)=O)CC1C(C)=O. The second kappa shape index (κ2) is 9.81. The normalized spacial score (nSPS) is 21.0. The van der Waals surface area contributed by atoms with Crippen LogP contribution in [0.3, 0.4) is 0 Å². The molecule has 0 aromatic heterocycles. The number of carbonyl (C=O) groups is 5. The zero-order valence-electron chi connectivity index (χ0n) is 16.3. The summed E-state index contributed by atoms with van der Waals surface area (Å²) in [5.74, 6) is -2.62. The number of amides is 3. The molecule has 1 rings (SSSR count). The molecule has 0 aromatic carbocycles. The van der Waals surface area contributed by atoms with Gasteiger partial charge in [0.2, 0.25) is 17.7 Å². The monoisotopic (exact) mass is 396 g/mol. The number of guanidine groups is 1. The summed E-state index contributed by atoms with van der Waals surface area (Å²) in [5.41, 5.74) is 9.27. The van der Waals surface area contributed by atoms with Crippen molar-refractivity contribution < 1.29 is 24.0 Å². The summed E-state index contributed by atoms with van der Waals surface area (Å²) in [6, 6.07) is -0.854. The first kappa shape index (κ1) is 23.1. The number of Topliss-reactive ketones (excluding diaryl/α,β-unsaturated/α-hetero) is 2. The van der Waals surface area contributed by atoms with E-state index < -0.39 is 35.2 Å². The van der Waals surface area contributed by atoms with E-state index in [-0.39, 0.29) is 36.9 Å². The Morgan fingerprint density at radius 3 is 2.25 bits per heavy atom. The molecule has 1 saturated carbocycles. The number of carbonyl (C=O) groups excluding carboxylic acids is 5. The highest BCUT2D eigenvalue weighted by Crippen LogP contribution is 2.44. The van der Waals surface area contributed by atoms with Crippen LogP contribution in [0, 0.1) is 5.92 Å². The van der Waals surface area contributed by atoms with Crippen molar-refractivity contribution in [2.75, 3.05) is 13.1 Å². The van der Waals surface area contributed by atoms with Crippen molar-refractivity contribution in [2.45, 2.75) is 51.6 Å². The fourth-order valence-electron chi connectivity index (χ4n) is 2.97. The molecule has 0 radical (unpaired) electrons. The lowest BCUT2D eigenvalue weighted by molar-refractivity contribution is -0.131. The van der Waals surface area contributed by atoms with Gasteiger partial charge in [0.15, 0.2) is 11.7 Å². The van der Waals surface area contributed by atoms with Crippen LogP contribution in [0.2, 0.25) is 0 Å². The van der Waals surface area contributed by atoms with E-state index in [9.17, 15) is 24.0 Å². The quantitative estimate of drug-likeness (QED) is 0.148. The Morgan fingerprint density at radius 1 is 1.14 bits per heavy atom. The maximum absolute atomic E-state index is 12.3. The Kier molecular flexibility index (Phi) is 8.08. The van der Waals surface area contributed by atoms with E-state index in [0.29, 0.717) is 13.0 Å². The summed E-state index contributed by atoms with van der Waals surface area (Å²) in [5, 5.41) is 7.46. The van der Waals surface area contributed by atoms with Gasteiger partial charge in [0, 0.05) is 13.5 Å². The van der Waals surface area contributed by atoms with Gasteiger partial charge >= 0.3 is 0 Å². The second-order valence-electron chi connectivity index (χ2n) is 6.86. The smallest absolute Gasteiger partial charge is 0.243 e. The van der Waals surface area contributed by atoms with Crippen molar-refractivity contribution in [3.63, 3.8) is 0 Å². The predicted molar refractivity (Wildman–Crippen MR) is 101 cm³/mol. The molecule has 1 aliphatic carbocycles. The minimum absolute atomic E-state index is 0.0689. The van der Waals surface area contributed by atoms with E-state index >= 15 is 0 Å². The Morgan fingerprint density at radius 2 is 1.79 bits per heavy atom. The van der Waals surface area contributed by atoms with E-state index in [0.717, 1.165) is 0 Å². The number of nitrogens with one attached hydrogen (secondary N) is 3. The maximum Gasteiger partial charge on any atom is 0.243 e. The van der Waals surface area contributed by atoms with Gasteiger partial charge in [-0.05, 0) is 33.1 Å². The molecular formula is C17H28N6O5. The number of rotatable bonds is 11. The van der Waals surface area contributed by atoms with E-state index in [2.05, 4.69) is 20.9 Å². The average molecular weight is 396 g/mol. The van der Waals surface area contributed by atoms with E-state index in [1.54, 1.807) is 0 Å². The van der Waals surface area contributed by atoms with Gasteiger partial charge in [0.25, 0.3) is 0 Å². The van der Waals surface area contributed by atoms with Crippen LogP contribution in [0.5, 0.6) is 0 Å². The predicted octanol–water partition coefficient (Wildman–Crippen LogP) is -2.29. The van der Waals surface area contributed by atoms with Crippen molar-refractivity contribution in [3.8, 4) is 0 Å². The molecule has 0 saturated heterocycles. The number of hydrogen-bond acceptors (Lipinski definition) is 6. The van der Waals surface area contributed by atoms with Gasteiger partial charge in [-0.1, -0.05) is 0 Å². The Hall–Kier alpha value is -2.98. The van der Waals surface area contributed by atoms with E-state index in [4.69, 9.17) is 11.5 Å². The summed E-state index contributed by atoms with van der Waals surface area (Å²) < 4.78 is 0. The minimum atomic E-state index is -1.18. The van der Waals surface area contributed by atoms with Crippen LogP contribution in [0.1, 0.15) is 40.0 Å². The van der Waals surface area contributed by atoms with Gasteiger partial charge < -0.3 is 27.4 Å². The molecule has 0 aliphatic heterocycles. The number of aliphatic imine (C=N–C) groups is 1. The first-order valence-electron chi connectivity index (χ1n) is 8.92. The molecule has 7 N–H and O–H groups in total. The first-order valence-corrected chi connectivity index (χ1v) is 8.92. The number of hydrogen-bond donors (Lipinski definition) is 5. The van der Waals surface area contributed by atoms with Crippen LogP contribution in [-0.4, -0.2) is 59.9 Å². The largest absolute Gasteiger partial charge is 0.370 e. The Labute approximate surface area is 163 Å². The Balaban J connectivity index is 2.57. The molecule has 1 fully saturated rings. The van der Waals surface area contributed by atoms with Crippen LogP contribution < -0.4 is 27.4 Å². The number of nitrogens with two attached hydrogens (primary N) is 2. The highest BCUT2D eigenvalue weighted by atomic mass is 16.2.